The van der Waals surface area contributed by atoms with E-state index in [-0.39, 0.29) is 12.5 Å². The van der Waals surface area contributed by atoms with Crippen LogP contribution in [-0.4, -0.2) is 23.1 Å². The van der Waals surface area contributed by atoms with Crippen LogP contribution in [-0.2, 0) is 11.3 Å². The summed E-state index contributed by atoms with van der Waals surface area (Å²) in [4.78, 5) is 26.1. The molecule has 4 aromatic rings. The molecule has 0 saturated carbocycles. The molecule has 0 aliphatic rings. The Hall–Kier alpha value is -3.86. The molecule has 0 aliphatic heterocycles. The zero-order valence-electron chi connectivity index (χ0n) is 18.9. The van der Waals surface area contributed by atoms with Gasteiger partial charge < -0.3 is 9.47 Å². The molecule has 0 unspecified atom stereocenters. The number of fused-ring (bicyclic) bond motifs is 1. The molecule has 3 aromatic carbocycles. The quantitative estimate of drug-likeness (QED) is 0.242. The molecule has 0 fully saturated rings. The van der Waals surface area contributed by atoms with E-state index in [0.717, 1.165) is 29.8 Å². The number of hydrogen-bond acceptors (Lipinski definition) is 4. The maximum absolute atomic E-state index is 13.3. The fraction of sp³-hybridized carbons (Fsp3) is 0.214. The van der Waals surface area contributed by atoms with Gasteiger partial charge in [0.05, 0.1) is 17.7 Å². The van der Waals surface area contributed by atoms with Gasteiger partial charge in [-0.1, -0.05) is 49.7 Å². The van der Waals surface area contributed by atoms with Gasteiger partial charge in [0, 0.05) is 16.6 Å². The van der Waals surface area contributed by atoms with Crippen LogP contribution in [0.15, 0.2) is 78.9 Å². The number of nitrogens with zero attached hydrogens (tertiary/aromatic N) is 1. The minimum Gasteiger partial charge on any atom is -0.494 e. The van der Waals surface area contributed by atoms with Crippen LogP contribution in [0.2, 0.25) is 0 Å². The second-order valence-corrected chi connectivity index (χ2v) is 7.95. The largest absolute Gasteiger partial charge is 0.494 e. The fourth-order valence-corrected chi connectivity index (χ4v) is 3.77. The van der Waals surface area contributed by atoms with E-state index >= 15 is 0 Å². The summed E-state index contributed by atoms with van der Waals surface area (Å²) >= 11 is 0. The fourth-order valence-electron chi connectivity index (χ4n) is 3.77. The lowest BCUT2D eigenvalue weighted by molar-refractivity contribution is 0.0475. The molecular weight excluding hydrogens is 414 g/mol. The first kappa shape index (κ1) is 22.3. The van der Waals surface area contributed by atoms with Crippen LogP contribution in [0.5, 0.6) is 5.75 Å². The first-order chi connectivity index (χ1) is 16.1. The Balaban J connectivity index is 1.57. The Bertz CT molecular complexity index is 1260. The van der Waals surface area contributed by atoms with Crippen LogP contribution < -0.4 is 4.74 Å². The van der Waals surface area contributed by atoms with Gasteiger partial charge in [0.2, 0.25) is 0 Å². The summed E-state index contributed by atoms with van der Waals surface area (Å²) in [5.74, 6) is 0.178. The molecule has 1 aromatic heterocycles. The molecular formula is C28H27NO4. The van der Waals surface area contributed by atoms with E-state index < -0.39 is 5.97 Å². The molecule has 0 saturated heterocycles. The number of carbonyl (C=O) groups is 2. The van der Waals surface area contributed by atoms with E-state index in [9.17, 15) is 9.59 Å². The maximum atomic E-state index is 13.3. The van der Waals surface area contributed by atoms with E-state index in [4.69, 9.17) is 9.47 Å². The lowest BCUT2D eigenvalue weighted by Crippen LogP contribution is -2.13. The lowest BCUT2D eigenvalue weighted by atomic mass is 10.1. The maximum Gasteiger partial charge on any atom is 0.339 e. The Morgan fingerprint density at radius 2 is 1.67 bits per heavy atom. The molecule has 0 aliphatic carbocycles. The first-order valence-corrected chi connectivity index (χ1v) is 11.2. The van der Waals surface area contributed by atoms with Crippen molar-refractivity contribution in [3.63, 3.8) is 0 Å². The van der Waals surface area contributed by atoms with Gasteiger partial charge in [-0.25, -0.2) is 4.79 Å². The number of esters is 1. The van der Waals surface area contributed by atoms with Gasteiger partial charge in [0.15, 0.2) is 0 Å². The number of rotatable bonds is 8. The zero-order valence-corrected chi connectivity index (χ0v) is 18.9. The van der Waals surface area contributed by atoms with Crippen LogP contribution in [0.1, 0.15) is 51.7 Å². The van der Waals surface area contributed by atoms with E-state index in [1.807, 2.05) is 61.5 Å². The van der Waals surface area contributed by atoms with Crippen molar-refractivity contribution in [2.24, 2.45) is 0 Å². The van der Waals surface area contributed by atoms with Crippen LogP contribution in [0.25, 0.3) is 10.9 Å². The van der Waals surface area contributed by atoms with Crippen LogP contribution in [0.4, 0.5) is 0 Å². The molecule has 0 bridgehead atoms. The van der Waals surface area contributed by atoms with Crippen molar-refractivity contribution < 1.29 is 19.1 Å². The second-order valence-electron chi connectivity index (χ2n) is 7.95. The Morgan fingerprint density at radius 3 is 2.39 bits per heavy atom. The zero-order chi connectivity index (χ0) is 23.2. The second kappa shape index (κ2) is 10.2. The monoisotopic (exact) mass is 441 g/mol. The van der Waals surface area contributed by atoms with Gasteiger partial charge >= 0.3 is 5.97 Å². The highest BCUT2D eigenvalue weighted by Crippen LogP contribution is 2.26. The molecule has 0 spiro atoms. The topological polar surface area (TPSA) is 57.5 Å². The third-order valence-corrected chi connectivity index (χ3v) is 5.53. The summed E-state index contributed by atoms with van der Waals surface area (Å²) < 4.78 is 12.9. The molecule has 5 nitrogen and oxygen atoms in total. The number of carbonyl (C=O) groups excluding carboxylic acids is 2. The first-order valence-electron chi connectivity index (χ1n) is 11.2. The van der Waals surface area contributed by atoms with Crippen molar-refractivity contribution in [2.75, 3.05) is 6.61 Å². The van der Waals surface area contributed by atoms with Gasteiger partial charge in [-0.2, -0.15) is 0 Å². The van der Waals surface area contributed by atoms with Crippen molar-refractivity contribution in [1.82, 2.24) is 4.57 Å². The van der Waals surface area contributed by atoms with Crippen LogP contribution in [0.3, 0.4) is 0 Å². The average molecular weight is 442 g/mol. The van der Waals surface area contributed by atoms with E-state index in [1.54, 1.807) is 28.8 Å². The van der Waals surface area contributed by atoms with Crippen molar-refractivity contribution in [3.05, 3.63) is 101 Å². The minimum absolute atomic E-state index is 0.155. The Labute approximate surface area is 193 Å². The third-order valence-electron chi connectivity index (χ3n) is 5.53. The summed E-state index contributed by atoms with van der Waals surface area (Å²) in [6.45, 7) is 4.83. The van der Waals surface area contributed by atoms with Gasteiger partial charge in [-0.3, -0.25) is 9.36 Å². The molecule has 0 amide bonds. The highest BCUT2D eigenvalue weighted by atomic mass is 16.5. The van der Waals surface area contributed by atoms with Gasteiger partial charge in [-0.15, -0.1) is 0 Å². The van der Waals surface area contributed by atoms with E-state index in [2.05, 4.69) is 6.92 Å². The predicted molar refractivity (Wildman–Crippen MR) is 129 cm³/mol. The molecule has 5 heteroatoms. The van der Waals surface area contributed by atoms with Crippen LogP contribution in [0, 0.1) is 6.92 Å². The number of benzene rings is 3. The van der Waals surface area contributed by atoms with E-state index in [0.29, 0.717) is 28.6 Å². The van der Waals surface area contributed by atoms with Crippen molar-refractivity contribution >= 4 is 22.8 Å². The summed E-state index contributed by atoms with van der Waals surface area (Å²) in [6, 6.07) is 23.9. The van der Waals surface area contributed by atoms with Gasteiger partial charge in [-0.05, 0) is 61.4 Å². The molecule has 1 heterocycles. The van der Waals surface area contributed by atoms with Gasteiger partial charge in [0.25, 0.3) is 5.91 Å². The highest BCUT2D eigenvalue weighted by Gasteiger charge is 2.19. The van der Waals surface area contributed by atoms with Crippen molar-refractivity contribution in [1.29, 1.82) is 0 Å². The molecule has 0 N–H and O–H groups in total. The van der Waals surface area contributed by atoms with Gasteiger partial charge in [0.1, 0.15) is 12.4 Å². The van der Waals surface area contributed by atoms with E-state index in [1.165, 1.54) is 0 Å². The minimum atomic E-state index is -0.414. The summed E-state index contributed by atoms with van der Waals surface area (Å²) in [5, 5.41) is 0.695. The highest BCUT2D eigenvalue weighted by molar-refractivity contribution is 6.09. The Kier molecular flexibility index (Phi) is 6.89. The standard InChI is InChI=1S/C28H27NO4/c1-3-4-17-32-23-15-13-22(14-16-23)27(30)29-20(2)18-25-24(11-8-12-26(25)29)28(31)33-19-21-9-6-5-7-10-21/h5-16,18H,3-4,17,19H2,1-2H3. The number of ether oxygens (including phenoxy) is 2. The summed E-state index contributed by atoms with van der Waals surface area (Å²) in [5.41, 5.74) is 3.34. The van der Waals surface area contributed by atoms with Crippen molar-refractivity contribution in [3.8, 4) is 5.75 Å². The Morgan fingerprint density at radius 1 is 0.909 bits per heavy atom. The number of hydrogen-bond donors (Lipinski definition) is 0. The normalized spacial score (nSPS) is 10.8. The third kappa shape index (κ3) is 4.98. The molecule has 33 heavy (non-hydrogen) atoms. The molecule has 0 atom stereocenters. The number of unbranched alkanes of at least 4 members (excludes halogenated alkanes) is 1. The SMILES string of the molecule is CCCCOc1ccc(C(=O)n2c(C)cc3c(C(=O)OCc4ccccc4)cccc32)cc1. The smallest absolute Gasteiger partial charge is 0.339 e. The van der Waals surface area contributed by atoms with Crippen molar-refractivity contribution in [2.45, 2.75) is 33.3 Å². The molecule has 168 valence electrons. The number of aryl methyl sites for hydroxylation is 1. The number of aromatic nitrogens is 1. The summed E-state index contributed by atoms with van der Waals surface area (Å²) in [7, 11) is 0. The average Bonchev–Trinajstić information content (AvgIpc) is 3.19. The lowest BCUT2D eigenvalue weighted by Gasteiger charge is -2.10. The molecule has 0 radical (unpaired) electrons. The molecule has 4 rings (SSSR count). The summed E-state index contributed by atoms with van der Waals surface area (Å²) in [6.07, 6.45) is 2.06. The van der Waals surface area contributed by atoms with Crippen LogP contribution >= 0.6 is 0 Å². The predicted octanol–water partition coefficient (Wildman–Crippen LogP) is 6.17.